The van der Waals surface area contributed by atoms with Crippen molar-refractivity contribution in [3.63, 3.8) is 0 Å². The van der Waals surface area contributed by atoms with Crippen LogP contribution in [0.2, 0.25) is 5.02 Å². The third-order valence-electron chi connectivity index (χ3n) is 4.85. The number of benzene rings is 1. The molecule has 31 heavy (non-hydrogen) atoms. The first-order valence-corrected chi connectivity index (χ1v) is 10.8. The van der Waals surface area contributed by atoms with Crippen LogP contribution in [-0.4, -0.2) is 15.8 Å². The molecule has 0 atom stereocenters. The van der Waals surface area contributed by atoms with Gasteiger partial charge >= 0.3 is 0 Å². The van der Waals surface area contributed by atoms with E-state index >= 15 is 0 Å². The van der Waals surface area contributed by atoms with Crippen molar-refractivity contribution >= 4 is 45.3 Å². The molecule has 0 saturated carbocycles. The van der Waals surface area contributed by atoms with Gasteiger partial charge in [0.2, 0.25) is 0 Å². The number of nitrogens with one attached hydrogen (secondary N) is 1. The Morgan fingerprint density at radius 3 is 2.74 bits per heavy atom. The van der Waals surface area contributed by atoms with Crippen LogP contribution in [-0.2, 0) is 19.5 Å². The van der Waals surface area contributed by atoms with Crippen LogP contribution in [0.25, 0.3) is 10.8 Å². The van der Waals surface area contributed by atoms with Crippen molar-refractivity contribution in [2.24, 2.45) is 0 Å². The molecule has 5 nitrogen and oxygen atoms in total. The molecule has 0 fully saturated rings. The van der Waals surface area contributed by atoms with E-state index in [4.69, 9.17) is 17.3 Å². The summed E-state index contributed by atoms with van der Waals surface area (Å²) in [6, 6.07) is 15.6. The Morgan fingerprint density at radius 2 is 1.94 bits per heavy atom. The monoisotopic (exact) mass is 452 g/mol. The second kappa shape index (κ2) is 10.5. The maximum atomic E-state index is 12.7. The van der Waals surface area contributed by atoms with E-state index in [-0.39, 0.29) is 13.2 Å². The van der Waals surface area contributed by atoms with Gasteiger partial charge in [0.1, 0.15) is 5.82 Å². The molecule has 0 unspecified atom stereocenters. The molecule has 0 saturated heterocycles. The quantitative estimate of drug-likeness (QED) is 0.337. The number of nitrogen functional groups attached to an aromatic ring is 1. The molecule has 4 rings (SSSR count). The van der Waals surface area contributed by atoms with Crippen molar-refractivity contribution in [1.29, 1.82) is 0 Å². The summed E-state index contributed by atoms with van der Waals surface area (Å²) in [4.78, 5) is 22.7. The number of rotatable bonds is 8. The van der Waals surface area contributed by atoms with Gasteiger partial charge in [0, 0.05) is 42.2 Å². The lowest BCUT2D eigenvalue weighted by Crippen LogP contribution is -2.12. The number of hydrogen-bond acceptors (Lipinski definition) is 6. The van der Waals surface area contributed by atoms with E-state index in [1.165, 1.54) is 11.3 Å². The van der Waals surface area contributed by atoms with Crippen LogP contribution in [0.1, 0.15) is 39.7 Å². The lowest BCUT2D eigenvalue weighted by Gasteiger charge is -2.05. The van der Waals surface area contributed by atoms with Crippen molar-refractivity contribution < 1.29 is 4.79 Å². The van der Waals surface area contributed by atoms with E-state index in [9.17, 15) is 4.79 Å². The van der Waals surface area contributed by atoms with Gasteiger partial charge in [-0.05, 0) is 41.6 Å². The molecule has 3 N–H and O–H groups in total. The fourth-order valence-electron chi connectivity index (χ4n) is 3.26. The Balaban J connectivity index is 0.00000272. The molecule has 3 heterocycles. The van der Waals surface area contributed by atoms with Crippen LogP contribution in [0.4, 0.5) is 5.82 Å². The third kappa shape index (κ3) is 5.67. The average Bonchev–Trinajstić information content (AvgIpc) is 3.13. The van der Waals surface area contributed by atoms with Crippen molar-refractivity contribution in [2.75, 3.05) is 5.73 Å². The van der Waals surface area contributed by atoms with E-state index in [1.54, 1.807) is 18.5 Å². The maximum absolute atomic E-state index is 12.7. The van der Waals surface area contributed by atoms with E-state index < -0.39 is 0 Å². The molecular formula is C24H25ClN4OS. The summed E-state index contributed by atoms with van der Waals surface area (Å²) in [5.74, 6) is 0.625. The molecule has 0 spiro atoms. The van der Waals surface area contributed by atoms with Gasteiger partial charge in [-0.25, -0.2) is 4.98 Å². The van der Waals surface area contributed by atoms with E-state index in [1.807, 2.05) is 36.4 Å². The number of pyridine rings is 2. The second-order valence-corrected chi connectivity index (χ2v) is 8.53. The number of thiophene rings is 1. The number of aryl methyl sites for hydroxylation is 1. The SMILES string of the molecule is C.Nc1nccc2cc(CCC(=O)c3cc(Cl)c(CNCc4ccccn4)s3)ccc12. The van der Waals surface area contributed by atoms with Gasteiger partial charge < -0.3 is 11.1 Å². The lowest BCUT2D eigenvalue weighted by molar-refractivity contribution is 0.0986. The van der Waals surface area contributed by atoms with Gasteiger partial charge in [-0.1, -0.05) is 43.3 Å². The van der Waals surface area contributed by atoms with Crippen molar-refractivity contribution in [2.45, 2.75) is 33.4 Å². The van der Waals surface area contributed by atoms with Crippen LogP contribution >= 0.6 is 22.9 Å². The minimum Gasteiger partial charge on any atom is -0.383 e. The van der Waals surface area contributed by atoms with Gasteiger partial charge in [-0.3, -0.25) is 9.78 Å². The standard InChI is InChI=1S/C23H21ClN4OS.CH4/c24-19-12-21(30-22(19)14-26-13-17-3-1-2-9-27-17)20(29)7-5-15-4-6-18-16(11-15)8-10-28-23(18)25;/h1-4,6,8-12,26H,5,7,13-14H2,(H2,25,28);1H4. The average molecular weight is 453 g/mol. The highest BCUT2D eigenvalue weighted by atomic mass is 35.5. The smallest absolute Gasteiger partial charge is 0.173 e. The molecule has 0 bridgehead atoms. The number of halogens is 1. The van der Waals surface area contributed by atoms with Gasteiger partial charge in [-0.15, -0.1) is 11.3 Å². The number of carbonyl (C=O) groups excluding carboxylic acids is 1. The maximum Gasteiger partial charge on any atom is 0.173 e. The molecule has 3 aromatic heterocycles. The predicted octanol–water partition coefficient (Wildman–Crippen LogP) is 5.67. The Hall–Kier alpha value is -2.80. The zero-order valence-electron chi connectivity index (χ0n) is 16.3. The first kappa shape index (κ1) is 22.9. The van der Waals surface area contributed by atoms with Gasteiger partial charge in [0.15, 0.2) is 5.78 Å². The number of Topliss-reactive ketones (excluding diaryl/α,β-unsaturated/α-hetero) is 1. The lowest BCUT2D eigenvalue weighted by atomic mass is 10.0. The molecule has 0 aliphatic rings. The summed E-state index contributed by atoms with van der Waals surface area (Å²) in [5.41, 5.74) is 7.97. The first-order valence-electron chi connectivity index (χ1n) is 9.65. The highest BCUT2D eigenvalue weighted by Crippen LogP contribution is 2.28. The van der Waals surface area contributed by atoms with Gasteiger partial charge in [-0.2, -0.15) is 0 Å². The van der Waals surface area contributed by atoms with Crippen molar-refractivity contribution in [3.8, 4) is 0 Å². The summed E-state index contributed by atoms with van der Waals surface area (Å²) in [6.45, 7) is 1.26. The molecule has 160 valence electrons. The van der Waals surface area contributed by atoms with Crippen molar-refractivity contribution in [1.82, 2.24) is 15.3 Å². The van der Waals surface area contributed by atoms with E-state index in [0.717, 1.165) is 26.9 Å². The number of fused-ring (bicyclic) bond motifs is 1. The number of nitrogens with zero attached hydrogens (tertiary/aromatic N) is 2. The molecule has 4 aromatic rings. The Morgan fingerprint density at radius 1 is 1.06 bits per heavy atom. The van der Waals surface area contributed by atoms with Crippen LogP contribution in [0.15, 0.2) is 60.9 Å². The highest BCUT2D eigenvalue weighted by Gasteiger charge is 2.14. The summed E-state index contributed by atoms with van der Waals surface area (Å²) in [7, 11) is 0. The highest BCUT2D eigenvalue weighted by molar-refractivity contribution is 7.14. The van der Waals surface area contributed by atoms with E-state index in [0.29, 0.717) is 41.6 Å². The summed E-state index contributed by atoms with van der Waals surface area (Å²) in [6.07, 6.45) is 4.57. The minimum absolute atomic E-state index is 0. The second-order valence-electron chi connectivity index (χ2n) is 6.98. The minimum atomic E-state index is 0. The number of nitrogens with two attached hydrogens (primary N) is 1. The Kier molecular flexibility index (Phi) is 7.74. The molecular weight excluding hydrogens is 428 g/mol. The zero-order valence-corrected chi connectivity index (χ0v) is 17.8. The number of ketones is 1. The van der Waals surface area contributed by atoms with Gasteiger partial charge in [0.05, 0.1) is 15.6 Å². The summed E-state index contributed by atoms with van der Waals surface area (Å²) < 4.78 is 0. The number of carbonyl (C=O) groups is 1. The fraction of sp³-hybridized carbons (Fsp3) is 0.208. The summed E-state index contributed by atoms with van der Waals surface area (Å²) >= 11 is 7.81. The fourth-order valence-corrected chi connectivity index (χ4v) is 4.60. The molecule has 0 radical (unpaired) electrons. The predicted molar refractivity (Wildman–Crippen MR) is 130 cm³/mol. The van der Waals surface area contributed by atoms with E-state index in [2.05, 4.69) is 21.4 Å². The number of aromatic nitrogens is 2. The van der Waals surface area contributed by atoms with Gasteiger partial charge in [0.25, 0.3) is 0 Å². The number of hydrogen-bond donors (Lipinski definition) is 2. The first-order chi connectivity index (χ1) is 14.6. The largest absolute Gasteiger partial charge is 0.383 e. The molecule has 0 aliphatic carbocycles. The topological polar surface area (TPSA) is 80.9 Å². The molecule has 7 heteroatoms. The molecule has 1 aromatic carbocycles. The number of anilines is 1. The Labute approximate surface area is 191 Å². The zero-order chi connectivity index (χ0) is 20.9. The van der Waals surface area contributed by atoms with Crippen LogP contribution in [0.3, 0.4) is 0 Å². The summed E-state index contributed by atoms with van der Waals surface area (Å²) in [5, 5.41) is 5.92. The Bertz CT molecular complexity index is 1180. The van der Waals surface area contributed by atoms with Crippen LogP contribution in [0, 0.1) is 0 Å². The molecule has 0 amide bonds. The van der Waals surface area contributed by atoms with Crippen LogP contribution < -0.4 is 11.1 Å². The third-order valence-corrected chi connectivity index (χ3v) is 6.48. The molecule has 0 aliphatic heterocycles. The normalized spacial score (nSPS) is 10.7. The van der Waals surface area contributed by atoms with Crippen molar-refractivity contribution in [3.05, 3.63) is 87.0 Å². The van der Waals surface area contributed by atoms with Crippen LogP contribution in [0.5, 0.6) is 0 Å².